The number of carbonyl (C=O) groups is 1. The Bertz CT molecular complexity index is 33.8. The fraction of sp³-hybridized carbons (Fsp3) is 0. The fourth-order valence-corrected chi connectivity index (χ4v) is 0. The molecule has 6 heavy (non-hydrogen) atoms. The Labute approximate surface area is 46.3 Å². The largest absolute Gasteiger partial charge is 0.352 e. The number of amides is 2. The molecule has 4 nitrogen and oxygen atoms in total. The van der Waals surface area contributed by atoms with E-state index in [4.69, 9.17) is 4.79 Å². The monoisotopic (exact) mass is 133 g/mol. The smallest absolute Gasteiger partial charge is 0.309 e. The topological polar surface area (TPSA) is 104 Å². The predicted octanol–water partition coefficient (Wildman–Crippen LogP) is -0.817. The van der Waals surface area contributed by atoms with E-state index < -0.39 is 6.03 Å². The van der Waals surface area contributed by atoms with Crippen LogP contribution in [0.3, 0.4) is 0 Å². The van der Waals surface area contributed by atoms with E-state index in [1.807, 2.05) is 0 Å². The van der Waals surface area contributed by atoms with Crippen LogP contribution < -0.4 is 17.6 Å². The Hall–Kier alpha value is -0.251. The number of urea groups is 1. The van der Waals surface area contributed by atoms with Crippen molar-refractivity contribution in [1.82, 2.24) is 6.15 Å². The van der Waals surface area contributed by atoms with Crippen LogP contribution in [0.4, 0.5) is 4.79 Å². The molecule has 0 radical (unpaired) electrons. The average Bonchev–Trinajstić information content (AvgIpc) is 0.811. The van der Waals surface area contributed by atoms with Crippen molar-refractivity contribution in [2.24, 2.45) is 11.5 Å². The van der Waals surface area contributed by atoms with Crippen LogP contribution in [0.1, 0.15) is 0 Å². The summed E-state index contributed by atoms with van der Waals surface area (Å²) in [7, 11) is 0. The first-order valence-electron chi connectivity index (χ1n) is 0.781. The van der Waals surface area contributed by atoms with E-state index in [1.54, 1.807) is 0 Å². The molecule has 7 N–H and O–H groups in total. The second kappa shape index (κ2) is 8.83. The van der Waals surface area contributed by atoms with Crippen molar-refractivity contribution in [3.05, 3.63) is 0 Å². The van der Waals surface area contributed by atoms with Gasteiger partial charge in [-0.1, -0.05) is 0 Å². The molecule has 0 aliphatic heterocycles. The van der Waals surface area contributed by atoms with Gasteiger partial charge < -0.3 is 17.6 Å². The van der Waals surface area contributed by atoms with E-state index in [0.29, 0.717) is 0 Å². The number of rotatable bonds is 0. The van der Waals surface area contributed by atoms with Gasteiger partial charge in [0.25, 0.3) is 0 Å². The maximum absolute atomic E-state index is 9.00. The molecule has 0 fully saturated rings. The summed E-state index contributed by atoms with van der Waals surface area (Å²) in [5.74, 6) is 0. The van der Waals surface area contributed by atoms with Gasteiger partial charge in [-0.3, -0.25) is 0 Å². The maximum atomic E-state index is 9.00. The van der Waals surface area contributed by atoms with Crippen LogP contribution in [0.2, 0.25) is 0 Å². The van der Waals surface area contributed by atoms with Crippen LogP contribution in [-0.2, 0) is 17.1 Å². The van der Waals surface area contributed by atoms with Crippen LogP contribution in [0.15, 0.2) is 0 Å². The van der Waals surface area contributed by atoms with Crippen molar-refractivity contribution in [2.75, 3.05) is 0 Å². The first-order chi connectivity index (χ1) is 1.73. The van der Waals surface area contributed by atoms with E-state index in [0.717, 1.165) is 0 Å². The summed E-state index contributed by atoms with van der Waals surface area (Å²) in [6.45, 7) is 0. The molecule has 0 rings (SSSR count). The minimum Gasteiger partial charge on any atom is -0.352 e. The molecule has 0 aliphatic rings. The van der Waals surface area contributed by atoms with Crippen LogP contribution in [0.25, 0.3) is 0 Å². The SMILES string of the molecule is N.NC(N)=O.[Fe]. The average molecular weight is 133 g/mol. The summed E-state index contributed by atoms with van der Waals surface area (Å²) < 4.78 is 0. The van der Waals surface area contributed by atoms with Crippen molar-refractivity contribution < 1.29 is 21.9 Å². The van der Waals surface area contributed by atoms with Gasteiger partial charge in [-0.15, -0.1) is 0 Å². The Balaban J connectivity index is -0.0000000450. The molecule has 0 spiro atoms. The zero-order chi connectivity index (χ0) is 3.58. The van der Waals surface area contributed by atoms with Gasteiger partial charge in [0, 0.05) is 17.1 Å². The molecule has 0 saturated carbocycles. The van der Waals surface area contributed by atoms with Crippen LogP contribution in [0, 0.1) is 0 Å². The summed E-state index contributed by atoms with van der Waals surface area (Å²) in [6, 6.07) is -0.833. The minimum absolute atomic E-state index is 0. The maximum Gasteiger partial charge on any atom is 0.309 e. The molecule has 40 valence electrons. The molecular formula is CH7FeN3O. The zero-order valence-corrected chi connectivity index (χ0v) is 4.23. The molecule has 5 heteroatoms. The molecule has 0 heterocycles. The number of primary amides is 2. The van der Waals surface area contributed by atoms with Gasteiger partial charge in [0.15, 0.2) is 0 Å². The van der Waals surface area contributed by atoms with E-state index in [1.165, 1.54) is 0 Å². The third-order valence-corrected chi connectivity index (χ3v) is 0. The molecular weight excluding hydrogens is 126 g/mol. The fourth-order valence-electron chi connectivity index (χ4n) is 0. The van der Waals surface area contributed by atoms with Gasteiger partial charge in [-0.2, -0.15) is 0 Å². The Kier molecular flexibility index (Phi) is 25.3. The van der Waals surface area contributed by atoms with Crippen molar-refractivity contribution in [3.63, 3.8) is 0 Å². The Morgan fingerprint density at radius 3 is 1.33 bits per heavy atom. The van der Waals surface area contributed by atoms with Crippen LogP contribution in [0.5, 0.6) is 0 Å². The first kappa shape index (κ1) is 17.2. The normalized spacial score (nSPS) is 4.00. The summed E-state index contributed by atoms with van der Waals surface area (Å²) in [6.07, 6.45) is 0. The van der Waals surface area contributed by atoms with E-state index >= 15 is 0 Å². The van der Waals surface area contributed by atoms with Crippen molar-refractivity contribution in [3.8, 4) is 0 Å². The third-order valence-electron chi connectivity index (χ3n) is 0. The van der Waals surface area contributed by atoms with E-state index in [2.05, 4.69) is 11.5 Å². The second-order valence-corrected chi connectivity index (χ2v) is 0.402. The third kappa shape index (κ3) is 452. The molecule has 0 saturated heterocycles. The van der Waals surface area contributed by atoms with Gasteiger partial charge >= 0.3 is 6.03 Å². The summed E-state index contributed by atoms with van der Waals surface area (Å²) in [5.41, 5.74) is 8.50. The minimum atomic E-state index is -0.833. The zero-order valence-electron chi connectivity index (χ0n) is 3.12. The number of nitrogens with two attached hydrogens (primary N) is 2. The van der Waals surface area contributed by atoms with Crippen molar-refractivity contribution in [2.45, 2.75) is 0 Å². The number of hydrogen-bond acceptors (Lipinski definition) is 2. The molecule has 0 unspecified atom stereocenters. The van der Waals surface area contributed by atoms with Crippen molar-refractivity contribution >= 4 is 6.03 Å². The Morgan fingerprint density at radius 2 is 1.33 bits per heavy atom. The molecule has 0 aromatic heterocycles. The van der Waals surface area contributed by atoms with Gasteiger partial charge in [0.05, 0.1) is 0 Å². The first-order valence-corrected chi connectivity index (χ1v) is 0.781. The predicted molar refractivity (Wildman–Crippen MR) is 18.8 cm³/mol. The van der Waals surface area contributed by atoms with E-state index in [-0.39, 0.29) is 23.2 Å². The van der Waals surface area contributed by atoms with Crippen molar-refractivity contribution in [1.29, 1.82) is 0 Å². The molecule has 2 amide bonds. The van der Waals surface area contributed by atoms with Gasteiger partial charge in [0.1, 0.15) is 0 Å². The molecule has 0 bridgehead atoms. The molecule has 0 aliphatic carbocycles. The van der Waals surface area contributed by atoms with Crippen LogP contribution >= 0.6 is 0 Å². The van der Waals surface area contributed by atoms with E-state index in [9.17, 15) is 0 Å². The molecule has 0 aromatic rings. The van der Waals surface area contributed by atoms with Gasteiger partial charge in [-0.25, -0.2) is 4.79 Å². The number of carbonyl (C=O) groups excluding carboxylic acids is 1. The summed E-state index contributed by atoms with van der Waals surface area (Å²) in [4.78, 5) is 9.00. The summed E-state index contributed by atoms with van der Waals surface area (Å²) >= 11 is 0. The van der Waals surface area contributed by atoms with Crippen LogP contribution in [-0.4, -0.2) is 6.03 Å². The van der Waals surface area contributed by atoms with Gasteiger partial charge in [0.2, 0.25) is 0 Å². The second-order valence-electron chi connectivity index (χ2n) is 0.402. The summed E-state index contributed by atoms with van der Waals surface area (Å²) in [5, 5.41) is 0. The molecule has 0 aromatic carbocycles. The molecule has 0 atom stereocenters. The van der Waals surface area contributed by atoms with Gasteiger partial charge in [-0.05, 0) is 0 Å². The Morgan fingerprint density at radius 1 is 1.33 bits per heavy atom. The quantitative estimate of drug-likeness (QED) is 0.375. The number of hydrogen-bond donors (Lipinski definition) is 3. The standard InChI is InChI=1S/CH4N2O.Fe.H3N/c2-1(3)4;;/h(H4,2,3,4);;1H3.